The van der Waals surface area contributed by atoms with Gasteiger partial charge in [0, 0.05) is 24.4 Å². The van der Waals surface area contributed by atoms with Crippen LogP contribution >= 0.6 is 0 Å². The topological polar surface area (TPSA) is 53.5 Å². The predicted octanol–water partition coefficient (Wildman–Crippen LogP) is 4.19. The lowest BCUT2D eigenvalue weighted by Crippen LogP contribution is -2.60. The highest BCUT2D eigenvalue weighted by Gasteiger charge is 2.46. The molecule has 2 heterocycles. The maximum atomic E-state index is 13.1. The van der Waals surface area contributed by atoms with E-state index in [2.05, 4.69) is 16.8 Å². The molecule has 3 amide bonds. The van der Waals surface area contributed by atoms with Crippen molar-refractivity contribution in [1.82, 2.24) is 9.88 Å². The minimum atomic E-state index is -0.701. The van der Waals surface area contributed by atoms with E-state index in [0.29, 0.717) is 11.4 Å². The molecule has 5 nitrogen and oxygen atoms in total. The van der Waals surface area contributed by atoms with Crippen molar-refractivity contribution in [3.8, 4) is 11.8 Å². The molecule has 1 atom stereocenters. The van der Waals surface area contributed by atoms with E-state index >= 15 is 0 Å². The first-order valence-electron chi connectivity index (χ1n) is 9.68. The van der Waals surface area contributed by atoms with Crippen molar-refractivity contribution in [2.75, 3.05) is 11.9 Å². The average Bonchev–Trinajstić information content (AvgIpc) is 2.78. The van der Waals surface area contributed by atoms with Gasteiger partial charge in [-0.15, -0.1) is 0 Å². The maximum absolute atomic E-state index is 13.1. The van der Waals surface area contributed by atoms with E-state index in [4.69, 9.17) is 0 Å². The summed E-state index contributed by atoms with van der Waals surface area (Å²) in [7, 11) is 1.72. The van der Waals surface area contributed by atoms with Crippen LogP contribution in [0.4, 0.5) is 10.6 Å². The van der Waals surface area contributed by atoms with E-state index in [1.165, 1.54) is 0 Å². The molecule has 0 aliphatic carbocycles. The molecule has 1 fully saturated rings. The Morgan fingerprint density at radius 1 is 0.867 bits per heavy atom. The Morgan fingerprint density at radius 3 is 2.13 bits per heavy atom. The molecule has 0 bridgehead atoms. The zero-order chi connectivity index (χ0) is 21.1. The van der Waals surface area contributed by atoms with E-state index < -0.39 is 11.6 Å². The minimum absolute atomic E-state index is 0.177. The van der Waals surface area contributed by atoms with Gasteiger partial charge in [0.25, 0.3) is 0 Å². The van der Waals surface area contributed by atoms with Crippen LogP contribution in [0.5, 0.6) is 0 Å². The third-order valence-electron chi connectivity index (χ3n) is 5.46. The summed E-state index contributed by atoms with van der Waals surface area (Å²) < 4.78 is 0. The molecular weight excluding hydrogens is 374 g/mol. The van der Waals surface area contributed by atoms with Gasteiger partial charge in [0.05, 0.1) is 12.0 Å². The summed E-state index contributed by atoms with van der Waals surface area (Å²) in [6.07, 6.45) is 1.76. The summed E-state index contributed by atoms with van der Waals surface area (Å²) in [5.41, 5.74) is 1.84. The molecule has 30 heavy (non-hydrogen) atoms. The first kappa shape index (κ1) is 19.4. The van der Waals surface area contributed by atoms with Crippen molar-refractivity contribution in [3.05, 3.63) is 95.7 Å². The van der Waals surface area contributed by atoms with E-state index in [-0.39, 0.29) is 12.3 Å². The van der Waals surface area contributed by atoms with Gasteiger partial charge >= 0.3 is 6.03 Å². The maximum Gasteiger partial charge on any atom is 0.333 e. The van der Waals surface area contributed by atoms with Crippen LogP contribution in [0.25, 0.3) is 0 Å². The fraction of sp³-hybridized carbons (Fsp3) is 0.160. The summed E-state index contributed by atoms with van der Waals surface area (Å²) in [5, 5.41) is 0. The number of carbonyl (C=O) groups is 2. The zero-order valence-corrected chi connectivity index (χ0v) is 16.9. The van der Waals surface area contributed by atoms with E-state index in [1.54, 1.807) is 30.3 Å². The van der Waals surface area contributed by atoms with Gasteiger partial charge < -0.3 is 4.90 Å². The van der Waals surface area contributed by atoms with Crippen LogP contribution in [0.1, 0.15) is 30.0 Å². The van der Waals surface area contributed by atoms with E-state index in [1.807, 2.05) is 67.6 Å². The number of amides is 3. The number of hydrogen-bond donors (Lipinski definition) is 0. The van der Waals surface area contributed by atoms with E-state index in [0.717, 1.165) is 16.0 Å². The van der Waals surface area contributed by atoms with Crippen LogP contribution in [0.3, 0.4) is 0 Å². The third kappa shape index (κ3) is 3.56. The largest absolute Gasteiger partial charge is 0.333 e. The summed E-state index contributed by atoms with van der Waals surface area (Å²) >= 11 is 0. The monoisotopic (exact) mass is 395 g/mol. The quantitative estimate of drug-likeness (QED) is 0.612. The van der Waals surface area contributed by atoms with Gasteiger partial charge in [0.1, 0.15) is 5.82 Å². The van der Waals surface area contributed by atoms with Crippen molar-refractivity contribution >= 4 is 17.8 Å². The van der Waals surface area contributed by atoms with Crippen molar-refractivity contribution in [3.63, 3.8) is 0 Å². The SMILES string of the molecule is CN1C(=O)N(c2ccc(C#Cc3ccccc3)cn2)C(=O)CC1(C)c1ccccc1. The number of imide groups is 1. The van der Waals surface area contributed by atoms with Gasteiger partial charge in [-0.05, 0) is 36.8 Å². The van der Waals surface area contributed by atoms with Crippen LogP contribution in [-0.2, 0) is 10.3 Å². The highest BCUT2D eigenvalue weighted by molar-refractivity contribution is 6.15. The Bertz CT molecular complexity index is 1130. The molecule has 4 rings (SSSR count). The van der Waals surface area contributed by atoms with Crippen LogP contribution in [-0.4, -0.2) is 28.9 Å². The van der Waals surface area contributed by atoms with E-state index in [9.17, 15) is 9.59 Å². The van der Waals surface area contributed by atoms with Crippen molar-refractivity contribution in [1.29, 1.82) is 0 Å². The molecule has 0 radical (unpaired) electrons. The Balaban J connectivity index is 1.57. The minimum Gasteiger partial charge on any atom is -0.317 e. The summed E-state index contributed by atoms with van der Waals surface area (Å²) in [5.74, 6) is 6.14. The highest BCUT2D eigenvalue weighted by Crippen LogP contribution is 2.37. The smallest absolute Gasteiger partial charge is 0.317 e. The Kier molecular flexibility index (Phi) is 5.07. The van der Waals surface area contributed by atoms with Crippen LogP contribution < -0.4 is 4.90 Å². The molecule has 1 aromatic heterocycles. The van der Waals surface area contributed by atoms with Gasteiger partial charge in [-0.25, -0.2) is 14.7 Å². The number of carbonyl (C=O) groups excluding carboxylic acids is 2. The molecule has 3 aromatic rings. The second-order valence-corrected chi connectivity index (χ2v) is 7.41. The third-order valence-corrected chi connectivity index (χ3v) is 5.46. The first-order valence-corrected chi connectivity index (χ1v) is 9.68. The van der Waals surface area contributed by atoms with Crippen molar-refractivity contribution < 1.29 is 9.59 Å². The molecular formula is C25H21N3O2. The van der Waals surface area contributed by atoms with Gasteiger partial charge in [0.15, 0.2) is 0 Å². The number of pyridine rings is 1. The number of rotatable bonds is 2. The first-order chi connectivity index (χ1) is 14.5. The highest BCUT2D eigenvalue weighted by atomic mass is 16.2. The van der Waals surface area contributed by atoms with Gasteiger partial charge in [-0.3, -0.25) is 4.79 Å². The number of aromatic nitrogens is 1. The lowest BCUT2D eigenvalue weighted by Gasteiger charge is -2.45. The molecule has 5 heteroatoms. The van der Waals surface area contributed by atoms with Crippen molar-refractivity contribution in [2.45, 2.75) is 18.9 Å². The van der Waals surface area contributed by atoms with Crippen LogP contribution in [0, 0.1) is 11.8 Å². The molecule has 0 N–H and O–H groups in total. The van der Waals surface area contributed by atoms with Gasteiger partial charge in [0.2, 0.25) is 5.91 Å². The number of benzene rings is 2. The molecule has 148 valence electrons. The summed E-state index contributed by atoms with van der Waals surface area (Å²) in [6.45, 7) is 1.91. The number of hydrogen-bond acceptors (Lipinski definition) is 3. The predicted molar refractivity (Wildman–Crippen MR) is 116 cm³/mol. The number of nitrogens with zero attached hydrogens (tertiary/aromatic N) is 3. The molecule has 1 unspecified atom stereocenters. The molecule has 0 saturated carbocycles. The lowest BCUT2D eigenvalue weighted by atomic mass is 9.85. The Labute approximate surface area is 176 Å². The normalized spacial score (nSPS) is 18.7. The lowest BCUT2D eigenvalue weighted by molar-refractivity contribution is -0.122. The molecule has 1 saturated heterocycles. The van der Waals surface area contributed by atoms with Gasteiger partial charge in [-0.2, -0.15) is 0 Å². The standard InChI is InChI=1S/C25H21N3O2/c1-25(21-11-7-4-8-12-21)17-23(29)28(24(30)27(25)2)22-16-15-20(18-26-22)14-13-19-9-5-3-6-10-19/h3-12,15-16,18H,17H2,1-2H3. The Morgan fingerprint density at radius 2 is 1.50 bits per heavy atom. The fourth-order valence-corrected chi connectivity index (χ4v) is 3.54. The molecule has 1 aliphatic rings. The van der Waals surface area contributed by atoms with Crippen LogP contribution in [0.15, 0.2) is 79.0 Å². The fourth-order valence-electron chi connectivity index (χ4n) is 3.54. The number of urea groups is 1. The van der Waals surface area contributed by atoms with Gasteiger partial charge in [-0.1, -0.05) is 60.4 Å². The Hall–Kier alpha value is -3.91. The average molecular weight is 395 g/mol. The molecule has 0 spiro atoms. The summed E-state index contributed by atoms with van der Waals surface area (Å²) in [6, 6.07) is 22.3. The molecule has 2 aromatic carbocycles. The van der Waals surface area contributed by atoms with Crippen LogP contribution in [0.2, 0.25) is 0 Å². The zero-order valence-electron chi connectivity index (χ0n) is 16.9. The second-order valence-electron chi connectivity index (χ2n) is 7.41. The molecule has 1 aliphatic heterocycles. The van der Waals surface area contributed by atoms with Crippen molar-refractivity contribution in [2.24, 2.45) is 0 Å². The number of anilines is 1. The second kappa shape index (κ2) is 7.84. The summed E-state index contributed by atoms with van der Waals surface area (Å²) in [4.78, 5) is 33.1.